The predicted molar refractivity (Wildman–Crippen MR) is 69.0 cm³/mol. The van der Waals surface area contributed by atoms with Gasteiger partial charge in [-0.2, -0.15) is 0 Å². The molecule has 0 radical (unpaired) electrons. The molecule has 2 rings (SSSR count). The second kappa shape index (κ2) is 5.62. The Hall–Kier alpha value is -2.21. The number of halogens is 1. The SMILES string of the molecule is O=Cc1cccc(F)c1Sc1ccc([N+](=O)[O-])cc1. The zero-order valence-corrected chi connectivity index (χ0v) is 10.4. The lowest BCUT2D eigenvalue weighted by atomic mass is 10.2. The zero-order valence-electron chi connectivity index (χ0n) is 9.58. The number of nitro groups is 1. The van der Waals surface area contributed by atoms with Crippen LogP contribution in [0.2, 0.25) is 0 Å². The summed E-state index contributed by atoms with van der Waals surface area (Å²) < 4.78 is 13.6. The molecule has 0 saturated carbocycles. The number of aldehydes is 1. The lowest BCUT2D eigenvalue weighted by molar-refractivity contribution is -0.384. The zero-order chi connectivity index (χ0) is 13.8. The second-order valence-corrected chi connectivity index (χ2v) is 4.71. The van der Waals surface area contributed by atoms with E-state index >= 15 is 0 Å². The number of rotatable bonds is 4. The number of non-ortho nitro benzene ring substituents is 1. The van der Waals surface area contributed by atoms with Crippen LogP contribution in [0.5, 0.6) is 0 Å². The maximum absolute atomic E-state index is 13.6. The van der Waals surface area contributed by atoms with Gasteiger partial charge in [0.15, 0.2) is 6.29 Å². The molecule has 0 fully saturated rings. The first-order valence-electron chi connectivity index (χ1n) is 5.28. The molecule has 0 atom stereocenters. The molecule has 0 spiro atoms. The number of benzene rings is 2. The van der Waals surface area contributed by atoms with Crippen molar-refractivity contribution in [2.24, 2.45) is 0 Å². The molecule has 6 heteroatoms. The molecule has 0 saturated heterocycles. The first-order valence-corrected chi connectivity index (χ1v) is 6.09. The van der Waals surface area contributed by atoms with Crippen molar-refractivity contribution in [2.75, 3.05) is 0 Å². The Morgan fingerprint density at radius 2 is 1.84 bits per heavy atom. The Labute approximate surface area is 112 Å². The van der Waals surface area contributed by atoms with Gasteiger partial charge in [0, 0.05) is 22.6 Å². The van der Waals surface area contributed by atoms with Crippen molar-refractivity contribution in [3.05, 3.63) is 64.0 Å². The van der Waals surface area contributed by atoms with Crippen molar-refractivity contribution < 1.29 is 14.1 Å². The van der Waals surface area contributed by atoms with Crippen LogP contribution in [0.15, 0.2) is 52.3 Å². The van der Waals surface area contributed by atoms with E-state index in [0.717, 1.165) is 11.8 Å². The van der Waals surface area contributed by atoms with Crippen LogP contribution in [-0.4, -0.2) is 11.2 Å². The Morgan fingerprint density at radius 3 is 2.42 bits per heavy atom. The van der Waals surface area contributed by atoms with Crippen LogP contribution in [0.3, 0.4) is 0 Å². The van der Waals surface area contributed by atoms with E-state index in [4.69, 9.17) is 0 Å². The smallest absolute Gasteiger partial charge is 0.269 e. The van der Waals surface area contributed by atoms with Gasteiger partial charge in [0.25, 0.3) is 5.69 Å². The minimum atomic E-state index is -0.506. The molecule has 2 aromatic carbocycles. The van der Waals surface area contributed by atoms with Gasteiger partial charge in [-0.3, -0.25) is 14.9 Å². The number of hydrogen-bond acceptors (Lipinski definition) is 4. The Morgan fingerprint density at radius 1 is 1.16 bits per heavy atom. The van der Waals surface area contributed by atoms with E-state index in [1.807, 2.05) is 0 Å². The van der Waals surface area contributed by atoms with Gasteiger partial charge in [-0.05, 0) is 18.2 Å². The van der Waals surface area contributed by atoms with Gasteiger partial charge in [0.05, 0.1) is 9.82 Å². The molecular formula is C13H8FNO3S. The average Bonchev–Trinajstić information content (AvgIpc) is 2.41. The number of hydrogen-bond donors (Lipinski definition) is 0. The molecular weight excluding hydrogens is 269 g/mol. The number of carbonyl (C=O) groups excluding carboxylic acids is 1. The lowest BCUT2D eigenvalue weighted by Gasteiger charge is -2.05. The Balaban J connectivity index is 2.31. The minimum Gasteiger partial charge on any atom is -0.298 e. The highest BCUT2D eigenvalue weighted by Crippen LogP contribution is 2.32. The normalized spacial score (nSPS) is 10.2. The van der Waals surface area contributed by atoms with Crippen LogP contribution in [0.1, 0.15) is 10.4 Å². The summed E-state index contributed by atoms with van der Waals surface area (Å²) >= 11 is 1.06. The van der Waals surface area contributed by atoms with Crippen molar-refractivity contribution in [3.8, 4) is 0 Å². The maximum Gasteiger partial charge on any atom is 0.269 e. The lowest BCUT2D eigenvalue weighted by Crippen LogP contribution is -1.90. The largest absolute Gasteiger partial charge is 0.298 e. The molecule has 0 aliphatic heterocycles. The molecule has 19 heavy (non-hydrogen) atoms. The summed E-state index contributed by atoms with van der Waals surface area (Å²) in [5.41, 5.74) is 0.219. The minimum absolute atomic E-state index is 0.0338. The third-order valence-corrected chi connectivity index (χ3v) is 3.53. The highest BCUT2D eigenvalue weighted by molar-refractivity contribution is 7.99. The van der Waals surface area contributed by atoms with E-state index in [-0.39, 0.29) is 16.1 Å². The van der Waals surface area contributed by atoms with E-state index in [1.165, 1.54) is 42.5 Å². The summed E-state index contributed by atoms with van der Waals surface area (Å²) in [6, 6.07) is 9.95. The van der Waals surface area contributed by atoms with Gasteiger partial charge in [-0.25, -0.2) is 4.39 Å². The topological polar surface area (TPSA) is 60.2 Å². The van der Waals surface area contributed by atoms with Gasteiger partial charge in [-0.1, -0.05) is 23.9 Å². The quantitative estimate of drug-likeness (QED) is 0.485. The molecule has 0 aliphatic carbocycles. The molecule has 0 N–H and O–H groups in total. The van der Waals surface area contributed by atoms with E-state index in [0.29, 0.717) is 11.2 Å². The van der Waals surface area contributed by atoms with Crippen LogP contribution in [0, 0.1) is 15.9 Å². The molecule has 0 unspecified atom stereocenters. The molecule has 0 heterocycles. The average molecular weight is 277 g/mol. The van der Waals surface area contributed by atoms with E-state index in [2.05, 4.69) is 0 Å². The second-order valence-electron chi connectivity index (χ2n) is 3.63. The molecule has 0 aromatic heterocycles. The van der Waals surface area contributed by atoms with E-state index < -0.39 is 10.7 Å². The fourth-order valence-electron chi connectivity index (χ4n) is 1.48. The van der Waals surface area contributed by atoms with Gasteiger partial charge in [-0.15, -0.1) is 0 Å². The first kappa shape index (κ1) is 13.2. The summed E-state index contributed by atoms with van der Waals surface area (Å²) in [7, 11) is 0. The number of nitro benzene ring substituents is 1. The van der Waals surface area contributed by atoms with Crippen molar-refractivity contribution in [2.45, 2.75) is 9.79 Å². The summed E-state index contributed by atoms with van der Waals surface area (Å²) in [5.74, 6) is -0.493. The van der Waals surface area contributed by atoms with Crippen molar-refractivity contribution in [1.29, 1.82) is 0 Å². The molecule has 4 nitrogen and oxygen atoms in total. The summed E-state index contributed by atoms with van der Waals surface area (Å²) in [5, 5.41) is 10.5. The fourth-order valence-corrected chi connectivity index (χ4v) is 2.39. The maximum atomic E-state index is 13.6. The standard InChI is InChI=1S/C13H8FNO3S/c14-12-3-1-2-9(8-16)13(12)19-11-6-4-10(5-7-11)15(17)18/h1-8H. The van der Waals surface area contributed by atoms with Gasteiger partial charge in [0.2, 0.25) is 0 Å². The highest BCUT2D eigenvalue weighted by atomic mass is 32.2. The first-order chi connectivity index (χ1) is 9.11. The monoisotopic (exact) mass is 277 g/mol. The van der Waals surface area contributed by atoms with Crippen molar-refractivity contribution in [3.63, 3.8) is 0 Å². The Bertz CT molecular complexity index is 628. The highest BCUT2D eigenvalue weighted by Gasteiger charge is 2.11. The third-order valence-electron chi connectivity index (χ3n) is 2.39. The summed E-state index contributed by atoms with van der Waals surface area (Å²) in [6.07, 6.45) is 0.580. The predicted octanol–water partition coefficient (Wildman–Crippen LogP) is 3.70. The van der Waals surface area contributed by atoms with Crippen LogP contribution in [0.4, 0.5) is 10.1 Å². The van der Waals surface area contributed by atoms with Gasteiger partial charge in [0.1, 0.15) is 5.82 Å². The van der Waals surface area contributed by atoms with Crippen LogP contribution in [-0.2, 0) is 0 Å². The fraction of sp³-hybridized carbons (Fsp3) is 0. The van der Waals surface area contributed by atoms with Crippen LogP contribution >= 0.6 is 11.8 Å². The molecule has 96 valence electrons. The number of carbonyl (C=O) groups is 1. The molecule has 0 bridgehead atoms. The number of nitrogens with zero attached hydrogens (tertiary/aromatic N) is 1. The Kier molecular flexibility index (Phi) is 3.91. The van der Waals surface area contributed by atoms with E-state index in [1.54, 1.807) is 0 Å². The van der Waals surface area contributed by atoms with Crippen LogP contribution in [0.25, 0.3) is 0 Å². The summed E-state index contributed by atoms with van der Waals surface area (Å²) in [4.78, 5) is 21.7. The van der Waals surface area contributed by atoms with Crippen molar-refractivity contribution in [1.82, 2.24) is 0 Å². The van der Waals surface area contributed by atoms with Gasteiger partial charge < -0.3 is 0 Å². The summed E-state index contributed by atoms with van der Waals surface area (Å²) in [6.45, 7) is 0. The van der Waals surface area contributed by atoms with E-state index in [9.17, 15) is 19.3 Å². The third kappa shape index (κ3) is 2.97. The molecule has 0 amide bonds. The molecule has 2 aromatic rings. The van der Waals surface area contributed by atoms with Crippen LogP contribution < -0.4 is 0 Å². The molecule has 0 aliphatic rings. The van der Waals surface area contributed by atoms with Gasteiger partial charge >= 0.3 is 0 Å². The van der Waals surface area contributed by atoms with Crippen molar-refractivity contribution >= 4 is 23.7 Å².